The lowest BCUT2D eigenvalue weighted by atomic mass is 10.1. The summed E-state index contributed by atoms with van der Waals surface area (Å²) < 4.78 is 12.8. The molecule has 0 spiro atoms. The molecule has 0 atom stereocenters. The first-order chi connectivity index (χ1) is 14.7. The zero-order valence-corrected chi connectivity index (χ0v) is 17.9. The average molecular weight is 421 g/mol. The van der Waals surface area contributed by atoms with Gasteiger partial charge < -0.3 is 19.4 Å². The highest BCUT2D eigenvalue weighted by Crippen LogP contribution is 2.31. The fourth-order valence-corrected chi connectivity index (χ4v) is 4.37. The zero-order valence-electron chi connectivity index (χ0n) is 17.1. The number of nitrogens with zero attached hydrogens (tertiary/aromatic N) is 1. The van der Waals surface area contributed by atoms with Gasteiger partial charge in [-0.1, -0.05) is 24.3 Å². The van der Waals surface area contributed by atoms with Crippen LogP contribution in [0.3, 0.4) is 0 Å². The first-order valence-electron chi connectivity index (χ1n) is 9.79. The van der Waals surface area contributed by atoms with E-state index in [4.69, 9.17) is 9.47 Å². The maximum atomic E-state index is 12.8. The predicted octanol–water partition coefficient (Wildman–Crippen LogP) is 4.75. The molecule has 0 bridgehead atoms. The minimum atomic E-state index is -0.0176. The summed E-state index contributed by atoms with van der Waals surface area (Å²) in [7, 11) is 3.28. The molecule has 0 unspecified atom stereocenters. The molecule has 30 heavy (non-hydrogen) atoms. The van der Waals surface area contributed by atoms with Gasteiger partial charge in [0.25, 0.3) is 0 Å². The molecule has 0 fully saturated rings. The van der Waals surface area contributed by atoms with Crippen LogP contribution < -0.4 is 14.8 Å². The van der Waals surface area contributed by atoms with E-state index in [1.54, 1.807) is 25.6 Å². The predicted molar refractivity (Wildman–Crippen MR) is 122 cm³/mol. The molecule has 1 amide bonds. The molecule has 4 rings (SSSR count). The highest BCUT2D eigenvalue weighted by Gasteiger charge is 2.14. The SMILES string of the molecule is COc1ccc(OC)c(CCNC(=O)Cn2c(-c3cccs3)cc3ccccc32)c1. The van der Waals surface area contributed by atoms with Gasteiger partial charge in [-0.05, 0) is 53.8 Å². The maximum absolute atomic E-state index is 12.8. The van der Waals surface area contributed by atoms with Gasteiger partial charge in [0.2, 0.25) is 5.91 Å². The van der Waals surface area contributed by atoms with Crippen LogP contribution in [0.1, 0.15) is 5.56 Å². The summed E-state index contributed by atoms with van der Waals surface area (Å²) >= 11 is 1.68. The van der Waals surface area contributed by atoms with Crippen LogP contribution in [0.25, 0.3) is 21.5 Å². The molecule has 4 aromatic rings. The zero-order chi connectivity index (χ0) is 20.9. The van der Waals surface area contributed by atoms with Crippen LogP contribution in [-0.4, -0.2) is 31.2 Å². The number of carbonyl (C=O) groups is 1. The van der Waals surface area contributed by atoms with Crippen LogP contribution >= 0.6 is 11.3 Å². The van der Waals surface area contributed by atoms with Crippen molar-refractivity contribution in [3.8, 4) is 22.1 Å². The molecule has 0 aliphatic rings. The number of aromatic nitrogens is 1. The first-order valence-corrected chi connectivity index (χ1v) is 10.7. The highest BCUT2D eigenvalue weighted by atomic mass is 32.1. The Balaban J connectivity index is 1.48. The topological polar surface area (TPSA) is 52.5 Å². The number of hydrogen-bond acceptors (Lipinski definition) is 4. The van der Waals surface area contributed by atoms with Crippen molar-refractivity contribution < 1.29 is 14.3 Å². The van der Waals surface area contributed by atoms with Gasteiger partial charge in [-0.15, -0.1) is 11.3 Å². The van der Waals surface area contributed by atoms with E-state index in [9.17, 15) is 4.79 Å². The number of ether oxygens (including phenoxy) is 2. The second-order valence-electron chi connectivity index (χ2n) is 6.93. The van der Waals surface area contributed by atoms with Gasteiger partial charge in [0.15, 0.2) is 0 Å². The van der Waals surface area contributed by atoms with E-state index in [1.807, 2.05) is 36.4 Å². The van der Waals surface area contributed by atoms with Gasteiger partial charge in [0.05, 0.1) is 24.8 Å². The van der Waals surface area contributed by atoms with Crippen LogP contribution in [0, 0.1) is 0 Å². The van der Waals surface area contributed by atoms with E-state index >= 15 is 0 Å². The van der Waals surface area contributed by atoms with Crippen molar-refractivity contribution in [2.75, 3.05) is 20.8 Å². The lowest BCUT2D eigenvalue weighted by molar-refractivity contribution is -0.121. The Morgan fingerprint density at radius 2 is 1.90 bits per heavy atom. The number of fused-ring (bicyclic) bond motifs is 1. The molecule has 6 heteroatoms. The Labute approximate surface area is 179 Å². The maximum Gasteiger partial charge on any atom is 0.239 e. The molecular weight excluding hydrogens is 396 g/mol. The van der Waals surface area contributed by atoms with Crippen molar-refractivity contribution in [1.29, 1.82) is 0 Å². The summed E-state index contributed by atoms with van der Waals surface area (Å²) in [4.78, 5) is 13.9. The van der Waals surface area contributed by atoms with E-state index in [1.165, 1.54) is 0 Å². The van der Waals surface area contributed by atoms with Gasteiger partial charge in [0, 0.05) is 17.4 Å². The van der Waals surface area contributed by atoms with E-state index in [2.05, 4.69) is 39.5 Å². The van der Waals surface area contributed by atoms with Gasteiger partial charge in [-0.2, -0.15) is 0 Å². The first kappa shape index (κ1) is 20.0. The van der Waals surface area contributed by atoms with E-state index < -0.39 is 0 Å². The second kappa shape index (κ2) is 9.05. The average Bonchev–Trinajstić information content (AvgIpc) is 3.42. The Bertz CT molecular complexity index is 1150. The Kier molecular flexibility index (Phi) is 6.05. The summed E-state index contributed by atoms with van der Waals surface area (Å²) in [5.41, 5.74) is 3.13. The van der Waals surface area contributed by atoms with Crippen LogP contribution in [0.2, 0.25) is 0 Å². The van der Waals surface area contributed by atoms with Crippen molar-refractivity contribution in [2.45, 2.75) is 13.0 Å². The molecule has 2 heterocycles. The number of carbonyl (C=O) groups excluding carboxylic acids is 1. The number of methoxy groups -OCH3 is 2. The van der Waals surface area contributed by atoms with Crippen LogP contribution in [-0.2, 0) is 17.8 Å². The van der Waals surface area contributed by atoms with E-state index in [0.29, 0.717) is 13.0 Å². The van der Waals surface area contributed by atoms with Crippen molar-refractivity contribution in [1.82, 2.24) is 9.88 Å². The van der Waals surface area contributed by atoms with Gasteiger partial charge >= 0.3 is 0 Å². The highest BCUT2D eigenvalue weighted by molar-refractivity contribution is 7.13. The largest absolute Gasteiger partial charge is 0.497 e. The molecule has 0 radical (unpaired) electrons. The second-order valence-corrected chi connectivity index (χ2v) is 7.88. The number of nitrogens with one attached hydrogen (secondary N) is 1. The molecule has 2 aromatic carbocycles. The van der Waals surface area contributed by atoms with Crippen molar-refractivity contribution in [2.24, 2.45) is 0 Å². The number of thiophene rings is 1. The molecule has 0 saturated carbocycles. The summed E-state index contributed by atoms with van der Waals surface area (Å²) in [6, 6.07) is 20.1. The number of hydrogen-bond donors (Lipinski definition) is 1. The lowest BCUT2D eigenvalue weighted by Gasteiger charge is -2.13. The number of benzene rings is 2. The minimum Gasteiger partial charge on any atom is -0.497 e. The fraction of sp³-hybridized carbons (Fsp3) is 0.208. The number of amides is 1. The summed E-state index contributed by atoms with van der Waals surface area (Å²) in [5, 5.41) is 6.23. The molecule has 0 aliphatic heterocycles. The van der Waals surface area contributed by atoms with E-state index in [0.717, 1.165) is 38.5 Å². The van der Waals surface area contributed by atoms with Gasteiger partial charge in [-0.3, -0.25) is 4.79 Å². The van der Waals surface area contributed by atoms with Crippen LogP contribution in [0.5, 0.6) is 11.5 Å². The molecule has 1 N–H and O–H groups in total. The summed E-state index contributed by atoms with van der Waals surface area (Å²) in [6.45, 7) is 0.798. The molecule has 0 aliphatic carbocycles. The van der Waals surface area contributed by atoms with E-state index in [-0.39, 0.29) is 12.5 Å². The number of rotatable bonds is 8. The van der Waals surface area contributed by atoms with Crippen LogP contribution in [0.15, 0.2) is 66.0 Å². The van der Waals surface area contributed by atoms with Gasteiger partial charge in [0.1, 0.15) is 18.0 Å². The number of para-hydroxylation sites is 1. The Morgan fingerprint density at radius 1 is 1.03 bits per heavy atom. The molecule has 5 nitrogen and oxygen atoms in total. The van der Waals surface area contributed by atoms with Crippen molar-refractivity contribution >= 4 is 28.1 Å². The van der Waals surface area contributed by atoms with Crippen molar-refractivity contribution in [3.05, 3.63) is 71.6 Å². The normalized spacial score (nSPS) is 10.9. The fourth-order valence-electron chi connectivity index (χ4n) is 3.62. The quantitative estimate of drug-likeness (QED) is 0.448. The molecule has 154 valence electrons. The van der Waals surface area contributed by atoms with Crippen molar-refractivity contribution in [3.63, 3.8) is 0 Å². The smallest absolute Gasteiger partial charge is 0.239 e. The third-order valence-electron chi connectivity index (χ3n) is 5.09. The third kappa shape index (κ3) is 4.19. The Morgan fingerprint density at radius 3 is 2.67 bits per heavy atom. The molecule has 2 aromatic heterocycles. The minimum absolute atomic E-state index is 0.0176. The standard InChI is InChI=1S/C24H24N2O3S/c1-28-19-9-10-22(29-2)18(14-19)11-12-25-24(27)16-26-20-7-4-3-6-17(20)15-21(26)23-8-5-13-30-23/h3-10,13-15H,11-12,16H2,1-2H3,(H,25,27). The third-order valence-corrected chi connectivity index (χ3v) is 5.98. The molecule has 0 saturated heterocycles. The summed E-state index contributed by atoms with van der Waals surface area (Å²) in [5.74, 6) is 1.55. The van der Waals surface area contributed by atoms with Gasteiger partial charge in [-0.25, -0.2) is 0 Å². The van der Waals surface area contributed by atoms with Crippen LogP contribution in [0.4, 0.5) is 0 Å². The Hall–Kier alpha value is -3.25. The summed E-state index contributed by atoms with van der Waals surface area (Å²) in [6.07, 6.45) is 0.663. The lowest BCUT2D eigenvalue weighted by Crippen LogP contribution is -2.29. The molecular formula is C24H24N2O3S. The monoisotopic (exact) mass is 420 g/mol.